The van der Waals surface area contributed by atoms with Crippen molar-refractivity contribution in [2.45, 2.75) is 33.8 Å². The van der Waals surface area contributed by atoms with E-state index in [9.17, 15) is 4.79 Å². The molecular formula is C21H25N5O3S2. The number of thiazole rings is 1. The van der Waals surface area contributed by atoms with Crippen molar-refractivity contribution in [2.75, 3.05) is 18.5 Å². The maximum Gasteiger partial charge on any atom is 0.252 e. The summed E-state index contributed by atoms with van der Waals surface area (Å²) in [7, 11) is 0. The van der Waals surface area contributed by atoms with E-state index in [1.165, 1.54) is 22.9 Å². The number of aryl methyl sites for hydroxylation is 1. The highest BCUT2D eigenvalue weighted by atomic mass is 32.1. The van der Waals surface area contributed by atoms with Crippen LogP contribution < -0.4 is 5.32 Å². The summed E-state index contributed by atoms with van der Waals surface area (Å²) in [6.45, 7) is 6.93. The van der Waals surface area contributed by atoms with Gasteiger partial charge in [0.15, 0.2) is 11.7 Å². The Labute approximate surface area is 189 Å². The Hall–Kier alpha value is -2.69. The molecule has 31 heavy (non-hydrogen) atoms. The lowest BCUT2D eigenvalue weighted by Gasteiger charge is -2.06. The Balaban J connectivity index is 1.56. The molecule has 0 unspecified atom stereocenters. The monoisotopic (exact) mass is 459 g/mol. The van der Waals surface area contributed by atoms with Crippen LogP contribution in [0, 0.1) is 12.8 Å². The maximum absolute atomic E-state index is 12.0. The van der Waals surface area contributed by atoms with Crippen LogP contribution in [0.3, 0.4) is 0 Å². The molecule has 1 amide bonds. The van der Waals surface area contributed by atoms with Crippen LogP contribution in [-0.2, 0) is 21.0 Å². The summed E-state index contributed by atoms with van der Waals surface area (Å²) in [5, 5.41) is 13.5. The number of benzene rings is 1. The number of hydrogen-bond acceptors (Lipinski definition) is 9. The van der Waals surface area contributed by atoms with Gasteiger partial charge in [-0.25, -0.2) is 4.98 Å². The SMILES string of the molecule is Cc1snnc1/C(=N\OCc1csc(NC(=O)COCCC(C)C)n1)c1ccccc1. The fourth-order valence-electron chi connectivity index (χ4n) is 2.51. The summed E-state index contributed by atoms with van der Waals surface area (Å²) in [6, 6.07) is 9.69. The number of ether oxygens (including phenoxy) is 1. The third kappa shape index (κ3) is 7.20. The van der Waals surface area contributed by atoms with E-state index in [0.717, 1.165) is 16.9 Å². The molecule has 0 aliphatic rings. The molecule has 0 aliphatic heterocycles. The topological polar surface area (TPSA) is 98.6 Å². The normalized spacial score (nSPS) is 11.7. The van der Waals surface area contributed by atoms with Crippen molar-refractivity contribution < 1.29 is 14.4 Å². The number of nitrogens with zero attached hydrogens (tertiary/aromatic N) is 4. The van der Waals surface area contributed by atoms with Crippen LogP contribution in [0.4, 0.5) is 5.13 Å². The van der Waals surface area contributed by atoms with Crippen molar-refractivity contribution in [2.24, 2.45) is 11.1 Å². The Kier molecular flexibility index (Phi) is 8.63. The maximum atomic E-state index is 12.0. The van der Waals surface area contributed by atoms with Gasteiger partial charge in [0.05, 0.1) is 10.6 Å². The van der Waals surface area contributed by atoms with Gasteiger partial charge in [-0.05, 0) is 30.8 Å². The Morgan fingerprint density at radius 1 is 1.26 bits per heavy atom. The van der Waals surface area contributed by atoms with Crippen molar-refractivity contribution in [1.82, 2.24) is 14.6 Å². The first kappa shape index (κ1) is 23.0. The molecule has 8 nitrogen and oxygen atoms in total. The minimum atomic E-state index is -0.221. The van der Waals surface area contributed by atoms with Gasteiger partial charge in [-0.3, -0.25) is 10.1 Å². The molecule has 3 aromatic rings. The van der Waals surface area contributed by atoms with Crippen LogP contribution >= 0.6 is 22.9 Å². The highest BCUT2D eigenvalue weighted by molar-refractivity contribution is 7.13. The smallest absolute Gasteiger partial charge is 0.252 e. The number of carbonyl (C=O) groups is 1. The standard InChI is InChI=1S/C21H25N5O3S2/c1-14(2)9-10-28-12-18(27)23-21-22-17(13-30-21)11-29-25-20(16-7-5-4-6-8-16)19-15(3)31-26-24-19/h4-8,13-14H,9-12H2,1-3H3,(H,22,23,27)/b25-20-. The highest BCUT2D eigenvalue weighted by Gasteiger charge is 2.15. The number of rotatable bonds is 11. The van der Waals surface area contributed by atoms with Gasteiger partial charge in [0.25, 0.3) is 5.91 Å². The molecule has 0 radical (unpaired) electrons. The molecule has 0 saturated heterocycles. The minimum absolute atomic E-state index is 0.0177. The molecule has 1 N–H and O–H groups in total. The second-order valence-electron chi connectivity index (χ2n) is 7.18. The first-order valence-corrected chi connectivity index (χ1v) is 11.5. The van der Waals surface area contributed by atoms with Crippen molar-refractivity contribution in [3.05, 3.63) is 57.5 Å². The molecule has 0 saturated carbocycles. The van der Waals surface area contributed by atoms with Gasteiger partial charge in [-0.2, -0.15) is 0 Å². The molecule has 2 aromatic heterocycles. The molecule has 0 fully saturated rings. The van der Waals surface area contributed by atoms with Crippen LogP contribution in [0.1, 0.15) is 42.1 Å². The van der Waals surface area contributed by atoms with E-state index in [1.807, 2.05) is 42.6 Å². The van der Waals surface area contributed by atoms with Crippen LogP contribution in [0.25, 0.3) is 0 Å². The Morgan fingerprint density at radius 3 is 2.77 bits per heavy atom. The predicted octanol–water partition coefficient (Wildman–Crippen LogP) is 4.27. The summed E-state index contributed by atoms with van der Waals surface area (Å²) >= 11 is 2.65. The van der Waals surface area contributed by atoms with Crippen molar-refractivity contribution >= 4 is 39.6 Å². The van der Waals surface area contributed by atoms with E-state index >= 15 is 0 Å². The molecule has 10 heteroatoms. The number of oxime groups is 1. The molecule has 0 aliphatic carbocycles. The third-order valence-corrected chi connectivity index (χ3v) is 5.60. The minimum Gasteiger partial charge on any atom is -0.389 e. The van der Waals surface area contributed by atoms with E-state index in [1.54, 1.807) is 0 Å². The summed E-state index contributed by atoms with van der Waals surface area (Å²) in [5.41, 5.74) is 2.88. The van der Waals surface area contributed by atoms with Crippen LogP contribution in [0.2, 0.25) is 0 Å². The average molecular weight is 460 g/mol. The lowest BCUT2D eigenvalue weighted by molar-refractivity contribution is -0.120. The van der Waals surface area contributed by atoms with Crippen molar-refractivity contribution in [3.8, 4) is 0 Å². The third-order valence-electron chi connectivity index (χ3n) is 4.16. The first-order valence-electron chi connectivity index (χ1n) is 9.89. The Bertz CT molecular complexity index is 1000. The van der Waals surface area contributed by atoms with Gasteiger partial charge in [0.1, 0.15) is 18.0 Å². The van der Waals surface area contributed by atoms with E-state index in [2.05, 4.69) is 38.9 Å². The molecular weight excluding hydrogens is 434 g/mol. The van der Waals surface area contributed by atoms with Gasteiger partial charge >= 0.3 is 0 Å². The molecule has 0 spiro atoms. The number of hydrogen-bond donors (Lipinski definition) is 1. The molecule has 3 rings (SSSR count). The molecule has 164 valence electrons. The quantitative estimate of drug-likeness (QED) is 0.261. The van der Waals surface area contributed by atoms with E-state index in [-0.39, 0.29) is 19.1 Å². The van der Waals surface area contributed by atoms with Gasteiger partial charge in [-0.1, -0.05) is 53.8 Å². The zero-order chi connectivity index (χ0) is 22.1. The first-order chi connectivity index (χ1) is 15.0. The van der Waals surface area contributed by atoms with E-state index in [4.69, 9.17) is 9.57 Å². The molecule has 0 atom stereocenters. The Morgan fingerprint density at radius 2 is 2.06 bits per heavy atom. The number of amides is 1. The number of carbonyl (C=O) groups excluding carboxylic acids is 1. The van der Waals surface area contributed by atoms with Crippen LogP contribution in [0.5, 0.6) is 0 Å². The van der Waals surface area contributed by atoms with Gasteiger partial charge in [-0.15, -0.1) is 16.4 Å². The van der Waals surface area contributed by atoms with Crippen molar-refractivity contribution in [1.29, 1.82) is 0 Å². The van der Waals surface area contributed by atoms with E-state index < -0.39 is 0 Å². The molecule has 0 bridgehead atoms. The van der Waals surface area contributed by atoms with Gasteiger partial charge < -0.3 is 9.57 Å². The molecule has 2 heterocycles. The largest absolute Gasteiger partial charge is 0.389 e. The number of anilines is 1. The summed E-state index contributed by atoms with van der Waals surface area (Å²) in [5.74, 6) is 0.326. The second-order valence-corrected chi connectivity index (χ2v) is 9.00. The number of aromatic nitrogens is 3. The lowest BCUT2D eigenvalue weighted by atomic mass is 10.1. The van der Waals surface area contributed by atoms with Gasteiger partial charge in [0.2, 0.25) is 0 Å². The van der Waals surface area contributed by atoms with Crippen LogP contribution in [0.15, 0.2) is 40.9 Å². The van der Waals surface area contributed by atoms with Crippen LogP contribution in [-0.4, -0.2) is 39.4 Å². The molecule has 1 aromatic carbocycles. The second kappa shape index (κ2) is 11.6. The average Bonchev–Trinajstić information content (AvgIpc) is 3.38. The highest BCUT2D eigenvalue weighted by Crippen LogP contribution is 2.18. The summed E-state index contributed by atoms with van der Waals surface area (Å²) < 4.78 is 9.37. The zero-order valence-electron chi connectivity index (χ0n) is 17.7. The van der Waals surface area contributed by atoms with Gasteiger partial charge in [0, 0.05) is 17.6 Å². The zero-order valence-corrected chi connectivity index (χ0v) is 19.3. The summed E-state index contributed by atoms with van der Waals surface area (Å²) in [4.78, 5) is 22.8. The number of nitrogens with one attached hydrogen (secondary N) is 1. The lowest BCUT2D eigenvalue weighted by Crippen LogP contribution is -2.18. The fraction of sp³-hybridized carbons (Fsp3) is 0.381. The fourth-order valence-corrected chi connectivity index (χ4v) is 3.69. The van der Waals surface area contributed by atoms with Crippen molar-refractivity contribution in [3.63, 3.8) is 0 Å². The predicted molar refractivity (Wildman–Crippen MR) is 123 cm³/mol. The van der Waals surface area contributed by atoms with E-state index in [0.29, 0.717) is 34.8 Å². The summed E-state index contributed by atoms with van der Waals surface area (Å²) in [6.07, 6.45) is 0.925.